The van der Waals surface area contributed by atoms with Gasteiger partial charge in [0.15, 0.2) is 0 Å². The van der Waals surface area contributed by atoms with Gasteiger partial charge in [0.2, 0.25) is 5.82 Å². The molecule has 138 valence electrons. The molecule has 1 aliphatic heterocycles. The first-order valence-electron chi connectivity index (χ1n) is 8.01. The highest BCUT2D eigenvalue weighted by atomic mass is 32.3. The molecule has 1 aliphatic rings. The zero-order chi connectivity index (χ0) is 18.1. The Bertz CT molecular complexity index is 705. The summed E-state index contributed by atoms with van der Waals surface area (Å²) in [6.45, 7) is 0.640. The van der Waals surface area contributed by atoms with Gasteiger partial charge in [0.1, 0.15) is 0 Å². The SMILES string of the molecule is CS1(C)CCC(NCc2ccc(-c3noc(C(F)(F)F)n3)cn2)CC1. The van der Waals surface area contributed by atoms with E-state index in [9.17, 15) is 13.2 Å². The van der Waals surface area contributed by atoms with Crippen LogP contribution >= 0.6 is 10.0 Å². The van der Waals surface area contributed by atoms with Crippen molar-refractivity contribution in [2.24, 2.45) is 0 Å². The van der Waals surface area contributed by atoms with Crippen molar-refractivity contribution in [2.75, 3.05) is 24.0 Å². The van der Waals surface area contributed by atoms with Crippen molar-refractivity contribution in [1.82, 2.24) is 20.4 Å². The molecule has 25 heavy (non-hydrogen) atoms. The van der Waals surface area contributed by atoms with Crippen LogP contribution in [0.15, 0.2) is 22.9 Å². The predicted molar refractivity (Wildman–Crippen MR) is 91.6 cm³/mol. The summed E-state index contributed by atoms with van der Waals surface area (Å²) in [5.74, 6) is 1.11. The molecular weight excluding hydrogens is 353 g/mol. The average Bonchev–Trinajstić information content (AvgIpc) is 3.05. The van der Waals surface area contributed by atoms with Gasteiger partial charge in [0.25, 0.3) is 0 Å². The number of pyridine rings is 1. The minimum atomic E-state index is -4.64. The number of hydrogen-bond acceptors (Lipinski definition) is 5. The normalized spacial score (nSPS) is 19.7. The molecule has 1 N–H and O–H groups in total. The van der Waals surface area contributed by atoms with Gasteiger partial charge in [0.05, 0.1) is 5.69 Å². The predicted octanol–water partition coefficient (Wildman–Crippen LogP) is 3.47. The van der Waals surface area contributed by atoms with E-state index in [1.165, 1.54) is 30.5 Å². The maximum atomic E-state index is 12.5. The van der Waals surface area contributed by atoms with Crippen molar-refractivity contribution < 1.29 is 17.7 Å². The van der Waals surface area contributed by atoms with Crippen LogP contribution in [0, 0.1) is 0 Å². The molecule has 0 radical (unpaired) electrons. The molecule has 5 nitrogen and oxygen atoms in total. The lowest BCUT2D eigenvalue weighted by atomic mass is 10.1. The second-order valence-electron chi connectivity index (χ2n) is 6.79. The molecule has 0 unspecified atom stereocenters. The van der Waals surface area contributed by atoms with Crippen molar-refractivity contribution >= 4 is 10.0 Å². The van der Waals surface area contributed by atoms with Crippen LogP contribution in [-0.4, -0.2) is 45.2 Å². The minimum Gasteiger partial charge on any atom is -0.329 e. The number of rotatable bonds is 4. The maximum absolute atomic E-state index is 12.5. The fourth-order valence-electron chi connectivity index (χ4n) is 2.74. The van der Waals surface area contributed by atoms with Crippen LogP contribution in [0.3, 0.4) is 0 Å². The van der Waals surface area contributed by atoms with Gasteiger partial charge in [0, 0.05) is 24.3 Å². The summed E-state index contributed by atoms with van der Waals surface area (Å²) in [6, 6.07) is 3.93. The summed E-state index contributed by atoms with van der Waals surface area (Å²) < 4.78 is 41.7. The van der Waals surface area contributed by atoms with E-state index in [-0.39, 0.29) is 5.82 Å². The third-order valence-electron chi connectivity index (χ3n) is 4.36. The van der Waals surface area contributed by atoms with Crippen LogP contribution in [0.2, 0.25) is 0 Å². The molecule has 2 aromatic heterocycles. The van der Waals surface area contributed by atoms with Crippen LogP contribution in [0.1, 0.15) is 24.4 Å². The Morgan fingerprint density at radius 2 is 1.96 bits per heavy atom. The van der Waals surface area contributed by atoms with Gasteiger partial charge >= 0.3 is 12.1 Å². The molecule has 0 spiro atoms. The standard InChI is InChI=1S/C16H21F3N4OS/c1-25(2)7-5-12(6-8-25)21-10-13-4-3-11(9-20-13)14-22-15(24-23-14)16(17,18)19/h3-4,9,12,21H,5-8,10H2,1-2H3. The monoisotopic (exact) mass is 374 g/mol. The average molecular weight is 374 g/mol. The molecule has 3 heterocycles. The van der Waals surface area contributed by atoms with E-state index in [2.05, 4.69) is 37.5 Å². The molecule has 0 atom stereocenters. The van der Waals surface area contributed by atoms with Crippen LogP contribution in [0.4, 0.5) is 13.2 Å². The first-order chi connectivity index (χ1) is 11.7. The zero-order valence-electron chi connectivity index (χ0n) is 14.1. The van der Waals surface area contributed by atoms with Crippen molar-refractivity contribution in [1.29, 1.82) is 0 Å². The molecule has 9 heteroatoms. The summed E-state index contributed by atoms with van der Waals surface area (Å²) in [5.41, 5.74) is 1.23. The maximum Gasteiger partial charge on any atom is 0.471 e. The lowest BCUT2D eigenvalue weighted by Crippen LogP contribution is -2.35. The first-order valence-corrected chi connectivity index (χ1v) is 10.8. The van der Waals surface area contributed by atoms with Gasteiger partial charge < -0.3 is 9.84 Å². The van der Waals surface area contributed by atoms with E-state index in [0.717, 1.165) is 5.69 Å². The highest BCUT2D eigenvalue weighted by Crippen LogP contribution is 2.44. The van der Waals surface area contributed by atoms with Gasteiger partial charge in [-0.05, 0) is 49.0 Å². The van der Waals surface area contributed by atoms with Gasteiger partial charge in [-0.2, -0.15) is 18.2 Å². The number of aromatic nitrogens is 3. The smallest absolute Gasteiger partial charge is 0.329 e. The van der Waals surface area contributed by atoms with E-state index in [1.807, 2.05) is 0 Å². The largest absolute Gasteiger partial charge is 0.471 e. The zero-order valence-corrected chi connectivity index (χ0v) is 15.0. The second kappa shape index (κ2) is 6.95. The van der Waals surface area contributed by atoms with Crippen LogP contribution < -0.4 is 5.32 Å². The molecule has 0 aromatic carbocycles. The molecule has 0 aliphatic carbocycles. The quantitative estimate of drug-likeness (QED) is 0.888. The molecular formula is C16H21F3N4OS. The van der Waals surface area contributed by atoms with E-state index in [1.54, 1.807) is 12.1 Å². The van der Waals surface area contributed by atoms with Crippen molar-refractivity contribution in [3.8, 4) is 11.4 Å². The van der Waals surface area contributed by atoms with Gasteiger partial charge in [-0.15, -0.1) is 0 Å². The van der Waals surface area contributed by atoms with Crippen molar-refractivity contribution in [3.63, 3.8) is 0 Å². The number of halogens is 3. The number of hydrogen-bond donors (Lipinski definition) is 1. The molecule has 1 saturated heterocycles. The molecule has 0 saturated carbocycles. The molecule has 0 bridgehead atoms. The summed E-state index contributed by atoms with van der Waals surface area (Å²) in [5, 5.41) is 6.87. The number of alkyl halides is 3. The topological polar surface area (TPSA) is 63.8 Å². The summed E-state index contributed by atoms with van der Waals surface area (Å²) in [4.78, 5) is 7.64. The second-order valence-corrected chi connectivity index (χ2v) is 11.1. The third kappa shape index (κ3) is 4.72. The van der Waals surface area contributed by atoms with Crippen LogP contribution in [-0.2, 0) is 12.7 Å². The molecule has 1 fully saturated rings. The fourth-order valence-corrected chi connectivity index (χ4v) is 4.79. The van der Waals surface area contributed by atoms with Crippen molar-refractivity contribution in [2.45, 2.75) is 31.6 Å². The summed E-state index contributed by atoms with van der Waals surface area (Å²) >= 11 is 0. The molecule has 3 rings (SSSR count). The van der Waals surface area contributed by atoms with Gasteiger partial charge in [-0.25, -0.2) is 10.0 Å². The highest BCUT2D eigenvalue weighted by Gasteiger charge is 2.38. The summed E-state index contributed by atoms with van der Waals surface area (Å²) in [6.07, 6.45) is 3.96. The van der Waals surface area contributed by atoms with Gasteiger partial charge in [-0.3, -0.25) is 4.98 Å². The van der Waals surface area contributed by atoms with Gasteiger partial charge in [-0.1, -0.05) is 5.16 Å². The van der Waals surface area contributed by atoms with E-state index < -0.39 is 22.1 Å². The Morgan fingerprint density at radius 3 is 2.52 bits per heavy atom. The Morgan fingerprint density at radius 1 is 1.24 bits per heavy atom. The Hall–Kier alpha value is -1.61. The van der Waals surface area contributed by atoms with E-state index in [4.69, 9.17) is 0 Å². The third-order valence-corrected chi connectivity index (χ3v) is 7.04. The Kier molecular flexibility index (Phi) is 5.06. The summed E-state index contributed by atoms with van der Waals surface area (Å²) in [7, 11) is -0.402. The molecule has 0 amide bonds. The first kappa shape index (κ1) is 18.2. The Labute approximate surface area is 145 Å². The fraction of sp³-hybridized carbons (Fsp3) is 0.562. The van der Waals surface area contributed by atoms with Crippen molar-refractivity contribution in [3.05, 3.63) is 29.9 Å². The minimum absolute atomic E-state index is 0.114. The van der Waals surface area contributed by atoms with Crippen LogP contribution in [0.5, 0.6) is 0 Å². The van der Waals surface area contributed by atoms with Crippen LogP contribution in [0.25, 0.3) is 11.4 Å². The lowest BCUT2D eigenvalue weighted by molar-refractivity contribution is -0.159. The molecule has 2 aromatic rings. The highest BCUT2D eigenvalue weighted by molar-refractivity contribution is 8.32. The lowest BCUT2D eigenvalue weighted by Gasteiger charge is -2.39. The van der Waals surface area contributed by atoms with E-state index in [0.29, 0.717) is 18.2 Å². The number of nitrogens with zero attached hydrogens (tertiary/aromatic N) is 3. The van der Waals surface area contributed by atoms with E-state index >= 15 is 0 Å². The Balaban J connectivity index is 1.57. The number of nitrogens with one attached hydrogen (secondary N) is 1.